The van der Waals surface area contributed by atoms with Crippen LogP contribution in [0.4, 0.5) is 0 Å². The summed E-state index contributed by atoms with van der Waals surface area (Å²) in [4.78, 5) is 19.9. The van der Waals surface area contributed by atoms with Gasteiger partial charge in [-0.2, -0.15) is 11.8 Å². The van der Waals surface area contributed by atoms with E-state index in [0.717, 1.165) is 41.3 Å². The van der Waals surface area contributed by atoms with Crippen molar-refractivity contribution in [1.82, 2.24) is 9.97 Å². The molecule has 2 aliphatic rings. The molecule has 1 fully saturated rings. The molecule has 1 saturated carbocycles. The topological polar surface area (TPSA) is 42.9 Å². The lowest BCUT2D eigenvalue weighted by Gasteiger charge is -2.16. The summed E-state index contributed by atoms with van der Waals surface area (Å²) in [6, 6.07) is 0. The van der Waals surface area contributed by atoms with E-state index in [4.69, 9.17) is 0 Å². The Labute approximate surface area is 92.7 Å². The molecule has 78 valence electrons. The third kappa shape index (κ3) is 1.67. The summed E-state index contributed by atoms with van der Waals surface area (Å²) in [5.74, 6) is 3.46. The fourth-order valence-electron chi connectivity index (χ4n) is 1.93. The van der Waals surface area contributed by atoms with Crippen LogP contribution in [-0.2, 0) is 12.2 Å². The average Bonchev–Trinajstić information content (AvgIpc) is 3.11. The minimum atomic E-state index is 0.529. The van der Waals surface area contributed by atoms with Crippen LogP contribution >= 0.6 is 11.8 Å². The molecule has 0 N–H and O–H groups in total. The summed E-state index contributed by atoms with van der Waals surface area (Å²) in [5, 5.41) is 0. The zero-order valence-corrected chi connectivity index (χ0v) is 9.22. The number of nitrogens with zero attached hydrogens (tertiary/aromatic N) is 2. The number of aromatic nitrogens is 2. The highest BCUT2D eigenvalue weighted by atomic mass is 32.2. The van der Waals surface area contributed by atoms with Crippen LogP contribution < -0.4 is 0 Å². The zero-order chi connectivity index (χ0) is 10.3. The molecule has 0 radical (unpaired) electrons. The summed E-state index contributed by atoms with van der Waals surface area (Å²) < 4.78 is 0. The number of hydrogen-bond donors (Lipinski definition) is 0. The van der Waals surface area contributed by atoms with Crippen LogP contribution in [0.1, 0.15) is 46.3 Å². The normalized spacial score (nSPS) is 19.7. The monoisotopic (exact) mass is 220 g/mol. The zero-order valence-electron chi connectivity index (χ0n) is 8.40. The average molecular weight is 220 g/mol. The number of fused-ring (bicyclic) bond motifs is 1. The summed E-state index contributed by atoms with van der Waals surface area (Å²) >= 11 is 1.89. The number of carbonyl (C=O) groups is 1. The predicted octanol–water partition coefficient (Wildman–Crippen LogP) is 1.96. The Hall–Kier alpha value is -0.900. The molecular formula is C11H12N2OS. The first-order valence-corrected chi connectivity index (χ1v) is 6.46. The van der Waals surface area contributed by atoms with Gasteiger partial charge in [0.25, 0.3) is 0 Å². The van der Waals surface area contributed by atoms with Crippen molar-refractivity contribution in [2.45, 2.75) is 30.9 Å². The quantitative estimate of drug-likeness (QED) is 0.714. The van der Waals surface area contributed by atoms with Gasteiger partial charge in [-0.15, -0.1) is 0 Å². The van der Waals surface area contributed by atoms with Gasteiger partial charge in [0, 0.05) is 17.2 Å². The van der Waals surface area contributed by atoms with Gasteiger partial charge in [0.05, 0.1) is 5.69 Å². The first-order chi connectivity index (χ1) is 7.38. The van der Waals surface area contributed by atoms with Crippen molar-refractivity contribution in [3.05, 3.63) is 22.8 Å². The number of rotatable bonds is 2. The Morgan fingerprint density at radius 2 is 2.20 bits per heavy atom. The van der Waals surface area contributed by atoms with E-state index in [-0.39, 0.29) is 0 Å². The Balaban J connectivity index is 2.10. The van der Waals surface area contributed by atoms with Gasteiger partial charge in [0.2, 0.25) is 0 Å². The number of thioether (sulfide) groups is 1. The highest BCUT2D eigenvalue weighted by molar-refractivity contribution is 7.98. The predicted molar refractivity (Wildman–Crippen MR) is 59.3 cm³/mol. The van der Waals surface area contributed by atoms with E-state index in [2.05, 4.69) is 9.97 Å². The van der Waals surface area contributed by atoms with Crippen molar-refractivity contribution in [1.29, 1.82) is 0 Å². The molecule has 1 aliphatic carbocycles. The molecule has 1 aromatic rings. The van der Waals surface area contributed by atoms with E-state index in [0.29, 0.717) is 11.6 Å². The Morgan fingerprint density at radius 3 is 2.93 bits per heavy atom. The maximum Gasteiger partial charge on any atom is 0.168 e. The number of hydrogen-bond acceptors (Lipinski definition) is 4. The molecule has 3 nitrogen and oxygen atoms in total. The summed E-state index contributed by atoms with van der Waals surface area (Å²) in [5.41, 5.74) is 2.83. The summed E-state index contributed by atoms with van der Waals surface area (Å²) in [6.07, 6.45) is 4.20. The van der Waals surface area contributed by atoms with Crippen LogP contribution in [0.2, 0.25) is 0 Å². The Bertz CT molecular complexity index is 415. The van der Waals surface area contributed by atoms with Crippen LogP contribution in [-0.4, -0.2) is 22.0 Å². The summed E-state index contributed by atoms with van der Waals surface area (Å²) in [7, 11) is 0. The van der Waals surface area contributed by atoms with E-state index in [1.807, 2.05) is 11.8 Å². The number of aldehydes is 1. The molecule has 0 spiro atoms. The van der Waals surface area contributed by atoms with E-state index in [1.165, 1.54) is 12.8 Å². The van der Waals surface area contributed by atoms with Crippen LogP contribution in [0.5, 0.6) is 0 Å². The van der Waals surface area contributed by atoms with Crippen molar-refractivity contribution in [2.24, 2.45) is 0 Å². The standard InChI is InChI=1S/C11H12N2OS/c14-5-9-8-3-4-15-6-10(8)13-11(12-9)7-1-2-7/h5,7H,1-4,6H2. The minimum Gasteiger partial charge on any atom is -0.296 e. The van der Waals surface area contributed by atoms with Gasteiger partial charge in [-0.25, -0.2) is 9.97 Å². The van der Waals surface area contributed by atoms with Gasteiger partial charge >= 0.3 is 0 Å². The minimum absolute atomic E-state index is 0.529. The molecule has 1 aliphatic heterocycles. The lowest BCUT2D eigenvalue weighted by Crippen LogP contribution is -2.13. The molecule has 0 amide bonds. The van der Waals surface area contributed by atoms with Gasteiger partial charge in [-0.3, -0.25) is 4.79 Å². The summed E-state index contributed by atoms with van der Waals surface area (Å²) in [6.45, 7) is 0. The molecule has 4 heteroatoms. The molecule has 0 atom stereocenters. The lowest BCUT2D eigenvalue weighted by atomic mass is 10.1. The van der Waals surface area contributed by atoms with Crippen molar-refractivity contribution in [2.75, 3.05) is 5.75 Å². The first-order valence-electron chi connectivity index (χ1n) is 5.31. The maximum absolute atomic E-state index is 11.0. The fraction of sp³-hybridized carbons (Fsp3) is 0.545. The van der Waals surface area contributed by atoms with Crippen molar-refractivity contribution < 1.29 is 4.79 Å². The molecule has 3 rings (SSSR count). The second kappa shape index (κ2) is 3.59. The van der Waals surface area contributed by atoms with Gasteiger partial charge in [0.15, 0.2) is 6.29 Å². The first kappa shape index (κ1) is 9.33. The van der Waals surface area contributed by atoms with E-state index >= 15 is 0 Å². The van der Waals surface area contributed by atoms with E-state index in [9.17, 15) is 4.79 Å². The van der Waals surface area contributed by atoms with Crippen LogP contribution in [0.25, 0.3) is 0 Å². The molecule has 2 heterocycles. The van der Waals surface area contributed by atoms with Crippen LogP contribution in [0, 0.1) is 0 Å². The second-order valence-electron chi connectivity index (χ2n) is 4.09. The molecule has 0 aromatic carbocycles. The highest BCUT2D eigenvalue weighted by Gasteiger charge is 2.29. The molecule has 1 aromatic heterocycles. The molecule has 0 saturated heterocycles. The molecule has 0 unspecified atom stereocenters. The maximum atomic E-state index is 11.0. The molecule has 0 bridgehead atoms. The Kier molecular flexibility index (Phi) is 2.24. The fourth-order valence-corrected chi connectivity index (χ4v) is 2.85. The molecule has 15 heavy (non-hydrogen) atoms. The van der Waals surface area contributed by atoms with Crippen LogP contribution in [0.3, 0.4) is 0 Å². The lowest BCUT2D eigenvalue weighted by molar-refractivity contribution is 0.111. The van der Waals surface area contributed by atoms with Crippen molar-refractivity contribution >= 4 is 18.0 Å². The van der Waals surface area contributed by atoms with Crippen LogP contribution in [0.15, 0.2) is 0 Å². The van der Waals surface area contributed by atoms with E-state index in [1.54, 1.807) is 0 Å². The largest absolute Gasteiger partial charge is 0.296 e. The second-order valence-corrected chi connectivity index (χ2v) is 5.19. The SMILES string of the molecule is O=Cc1nc(C2CC2)nc2c1CCSC2. The highest BCUT2D eigenvalue weighted by Crippen LogP contribution is 2.39. The third-order valence-corrected chi connectivity index (χ3v) is 3.90. The van der Waals surface area contributed by atoms with E-state index < -0.39 is 0 Å². The van der Waals surface area contributed by atoms with Crippen molar-refractivity contribution in [3.8, 4) is 0 Å². The smallest absolute Gasteiger partial charge is 0.168 e. The molecular weight excluding hydrogens is 208 g/mol. The van der Waals surface area contributed by atoms with Gasteiger partial charge in [0.1, 0.15) is 11.5 Å². The third-order valence-electron chi connectivity index (χ3n) is 2.93. The van der Waals surface area contributed by atoms with Crippen molar-refractivity contribution in [3.63, 3.8) is 0 Å². The van der Waals surface area contributed by atoms with Gasteiger partial charge < -0.3 is 0 Å². The van der Waals surface area contributed by atoms with Gasteiger partial charge in [-0.1, -0.05) is 0 Å². The Morgan fingerprint density at radius 1 is 1.33 bits per heavy atom. The number of carbonyl (C=O) groups excluding carboxylic acids is 1. The van der Waals surface area contributed by atoms with Gasteiger partial charge in [-0.05, 0) is 25.0 Å².